The van der Waals surface area contributed by atoms with Gasteiger partial charge in [-0.3, -0.25) is 4.79 Å². The van der Waals surface area contributed by atoms with E-state index in [1.807, 2.05) is 43.2 Å². The lowest BCUT2D eigenvalue weighted by Crippen LogP contribution is -2.46. The summed E-state index contributed by atoms with van der Waals surface area (Å²) in [5, 5.41) is 0. The van der Waals surface area contributed by atoms with Crippen LogP contribution in [0.2, 0.25) is 0 Å². The number of rotatable bonds is 4. The summed E-state index contributed by atoms with van der Waals surface area (Å²) in [6.45, 7) is 1.81. The molecular weight excluding hydrogens is 278 g/mol. The number of carbonyl (C=O) groups is 1. The minimum atomic E-state index is 0.308. The summed E-state index contributed by atoms with van der Waals surface area (Å²) in [6.07, 6.45) is 5.95. The van der Waals surface area contributed by atoms with Crippen LogP contribution in [0.4, 0.5) is 11.8 Å². The van der Waals surface area contributed by atoms with Crippen molar-refractivity contribution in [3.8, 4) is 0 Å². The number of amides is 1. The lowest BCUT2D eigenvalue weighted by atomic mass is 10.0. The second-order valence-electron chi connectivity index (χ2n) is 6.55. The van der Waals surface area contributed by atoms with Crippen LogP contribution in [0.15, 0.2) is 12.3 Å². The first kappa shape index (κ1) is 15.1. The Morgan fingerprint density at radius 1 is 1.18 bits per heavy atom. The van der Waals surface area contributed by atoms with E-state index in [0.29, 0.717) is 17.9 Å². The predicted molar refractivity (Wildman–Crippen MR) is 87.1 cm³/mol. The van der Waals surface area contributed by atoms with Crippen molar-refractivity contribution in [2.45, 2.75) is 31.7 Å². The predicted octanol–water partition coefficient (Wildman–Crippen LogP) is 1.38. The van der Waals surface area contributed by atoms with Gasteiger partial charge in [-0.05, 0) is 31.7 Å². The van der Waals surface area contributed by atoms with E-state index in [2.05, 4.69) is 14.9 Å². The Morgan fingerprint density at radius 2 is 1.86 bits per heavy atom. The molecule has 1 aromatic heterocycles. The highest BCUT2D eigenvalue weighted by Gasteiger charge is 2.35. The molecule has 2 fully saturated rings. The first-order valence-electron chi connectivity index (χ1n) is 8.08. The van der Waals surface area contributed by atoms with Crippen molar-refractivity contribution in [2.24, 2.45) is 5.92 Å². The van der Waals surface area contributed by atoms with E-state index in [1.54, 1.807) is 0 Å². The van der Waals surface area contributed by atoms with Crippen LogP contribution in [0.5, 0.6) is 0 Å². The lowest BCUT2D eigenvalue weighted by Gasteiger charge is -2.37. The number of carbonyl (C=O) groups excluding carboxylic acids is 1. The van der Waals surface area contributed by atoms with Gasteiger partial charge in [0.25, 0.3) is 0 Å². The van der Waals surface area contributed by atoms with Crippen LogP contribution in [-0.4, -0.2) is 61.0 Å². The van der Waals surface area contributed by atoms with E-state index in [-0.39, 0.29) is 0 Å². The summed E-state index contributed by atoms with van der Waals surface area (Å²) >= 11 is 0. The molecule has 0 radical (unpaired) electrons. The number of anilines is 2. The SMILES string of the molecule is CN(C)c1ccnc(N2CCC(N(C)C(=O)C3CC3)CC2)n1. The summed E-state index contributed by atoms with van der Waals surface area (Å²) in [4.78, 5) is 27.3. The van der Waals surface area contributed by atoms with E-state index in [9.17, 15) is 4.79 Å². The lowest BCUT2D eigenvalue weighted by molar-refractivity contribution is -0.133. The molecule has 22 heavy (non-hydrogen) atoms. The maximum Gasteiger partial charge on any atom is 0.227 e. The monoisotopic (exact) mass is 303 g/mol. The third-order valence-corrected chi connectivity index (χ3v) is 4.66. The maximum absolute atomic E-state index is 12.2. The minimum absolute atomic E-state index is 0.308. The zero-order valence-corrected chi connectivity index (χ0v) is 13.7. The van der Waals surface area contributed by atoms with Gasteiger partial charge in [0, 0.05) is 52.4 Å². The standard InChI is InChI=1S/C16H25N5O/c1-19(2)14-6-9-17-16(18-14)21-10-7-13(8-11-21)20(3)15(22)12-4-5-12/h6,9,12-13H,4-5,7-8,10-11H2,1-3H3. The van der Waals surface area contributed by atoms with E-state index in [4.69, 9.17) is 0 Å². The van der Waals surface area contributed by atoms with Crippen LogP contribution in [0.1, 0.15) is 25.7 Å². The molecule has 0 N–H and O–H groups in total. The number of aromatic nitrogens is 2. The van der Waals surface area contributed by atoms with Crippen LogP contribution in [0, 0.1) is 5.92 Å². The molecule has 3 rings (SSSR count). The summed E-state index contributed by atoms with van der Waals surface area (Å²) in [5.41, 5.74) is 0. The van der Waals surface area contributed by atoms with Crippen LogP contribution in [0.25, 0.3) is 0 Å². The molecule has 0 bridgehead atoms. The van der Waals surface area contributed by atoms with Gasteiger partial charge in [-0.2, -0.15) is 4.98 Å². The number of piperidine rings is 1. The fourth-order valence-corrected chi connectivity index (χ4v) is 2.99. The van der Waals surface area contributed by atoms with Crippen molar-refractivity contribution >= 4 is 17.7 Å². The second-order valence-corrected chi connectivity index (χ2v) is 6.55. The fourth-order valence-electron chi connectivity index (χ4n) is 2.99. The molecule has 1 saturated heterocycles. The average Bonchev–Trinajstić information content (AvgIpc) is 3.38. The summed E-state index contributed by atoms with van der Waals surface area (Å²) < 4.78 is 0. The molecule has 1 amide bonds. The molecule has 120 valence electrons. The molecule has 0 atom stereocenters. The maximum atomic E-state index is 12.2. The molecule has 1 aliphatic heterocycles. The molecular formula is C16H25N5O. The summed E-state index contributed by atoms with van der Waals surface area (Å²) in [6, 6.07) is 2.28. The molecule has 6 nitrogen and oxygen atoms in total. The van der Waals surface area contributed by atoms with Gasteiger partial charge in [-0.25, -0.2) is 4.98 Å². The van der Waals surface area contributed by atoms with E-state index in [1.165, 1.54) is 0 Å². The van der Waals surface area contributed by atoms with Gasteiger partial charge in [-0.1, -0.05) is 0 Å². The molecule has 0 aromatic carbocycles. The van der Waals surface area contributed by atoms with Crippen molar-refractivity contribution in [1.29, 1.82) is 0 Å². The van der Waals surface area contributed by atoms with Crippen LogP contribution < -0.4 is 9.80 Å². The molecule has 1 aliphatic carbocycles. The van der Waals surface area contributed by atoms with Gasteiger partial charge in [0.1, 0.15) is 5.82 Å². The number of nitrogens with zero attached hydrogens (tertiary/aromatic N) is 5. The second kappa shape index (κ2) is 6.10. The van der Waals surface area contributed by atoms with Gasteiger partial charge < -0.3 is 14.7 Å². The van der Waals surface area contributed by atoms with Crippen molar-refractivity contribution in [1.82, 2.24) is 14.9 Å². The quantitative estimate of drug-likeness (QED) is 0.841. The number of hydrogen-bond acceptors (Lipinski definition) is 5. The molecule has 6 heteroatoms. The Morgan fingerprint density at radius 3 is 2.45 bits per heavy atom. The zero-order valence-electron chi connectivity index (χ0n) is 13.7. The minimum Gasteiger partial charge on any atom is -0.363 e. The zero-order chi connectivity index (χ0) is 15.7. The Labute approximate surface area is 132 Å². The van der Waals surface area contributed by atoms with Gasteiger partial charge >= 0.3 is 0 Å². The highest BCUT2D eigenvalue weighted by molar-refractivity contribution is 5.81. The Balaban J connectivity index is 1.59. The number of hydrogen-bond donors (Lipinski definition) is 0. The van der Waals surface area contributed by atoms with E-state index < -0.39 is 0 Å². The normalized spacial score (nSPS) is 19.1. The summed E-state index contributed by atoms with van der Waals surface area (Å²) in [7, 11) is 5.93. The van der Waals surface area contributed by atoms with Crippen LogP contribution in [-0.2, 0) is 4.79 Å². The van der Waals surface area contributed by atoms with Gasteiger partial charge in [0.2, 0.25) is 11.9 Å². The fraction of sp³-hybridized carbons (Fsp3) is 0.688. The van der Waals surface area contributed by atoms with Gasteiger partial charge in [0.05, 0.1) is 0 Å². The van der Waals surface area contributed by atoms with Crippen molar-refractivity contribution in [2.75, 3.05) is 44.0 Å². The van der Waals surface area contributed by atoms with Crippen LogP contribution in [0.3, 0.4) is 0 Å². The third kappa shape index (κ3) is 3.15. The molecule has 0 spiro atoms. The van der Waals surface area contributed by atoms with Crippen LogP contribution >= 0.6 is 0 Å². The Kier molecular flexibility index (Phi) is 4.18. The molecule has 1 aromatic rings. The van der Waals surface area contributed by atoms with E-state index >= 15 is 0 Å². The highest BCUT2D eigenvalue weighted by Crippen LogP contribution is 2.32. The first-order valence-corrected chi connectivity index (χ1v) is 8.08. The average molecular weight is 303 g/mol. The molecule has 0 unspecified atom stereocenters. The van der Waals surface area contributed by atoms with Crippen molar-refractivity contribution in [3.05, 3.63) is 12.3 Å². The Bertz CT molecular complexity index is 535. The molecule has 2 aliphatic rings. The van der Waals surface area contributed by atoms with E-state index in [0.717, 1.165) is 50.5 Å². The third-order valence-electron chi connectivity index (χ3n) is 4.66. The first-order chi connectivity index (χ1) is 10.6. The topological polar surface area (TPSA) is 52.6 Å². The Hall–Kier alpha value is -1.85. The smallest absolute Gasteiger partial charge is 0.227 e. The van der Waals surface area contributed by atoms with Gasteiger partial charge in [0.15, 0.2) is 0 Å². The molecule has 1 saturated carbocycles. The highest BCUT2D eigenvalue weighted by atomic mass is 16.2. The van der Waals surface area contributed by atoms with Crippen molar-refractivity contribution < 1.29 is 4.79 Å². The largest absolute Gasteiger partial charge is 0.363 e. The summed E-state index contributed by atoms with van der Waals surface area (Å²) in [5.74, 6) is 2.36. The van der Waals surface area contributed by atoms with Gasteiger partial charge in [-0.15, -0.1) is 0 Å². The van der Waals surface area contributed by atoms with Crippen molar-refractivity contribution in [3.63, 3.8) is 0 Å². The molecule has 2 heterocycles.